The second kappa shape index (κ2) is 8.84. The van der Waals surface area contributed by atoms with E-state index in [-0.39, 0.29) is 0 Å². The van der Waals surface area contributed by atoms with E-state index in [1.165, 1.54) is 0 Å². The SMILES string of the molecule is CCCNCCOc1cccc(SCC)c1C#N. The number of ether oxygens (including phenoxy) is 1. The molecule has 1 N–H and O–H groups in total. The fourth-order valence-corrected chi connectivity index (χ4v) is 2.33. The van der Waals surface area contributed by atoms with Gasteiger partial charge in [0.05, 0.1) is 0 Å². The summed E-state index contributed by atoms with van der Waals surface area (Å²) in [7, 11) is 0. The minimum absolute atomic E-state index is 0.592. The third-order valence-electron chi connectivity index (χ3n) is 2.36. The second-order valence-electron chi connectivity index (χ2n) is 3.77. The van der Waals surface area contributed by atoms with E-state index in [1.807, 2.05) is 18.2 Å². The zero-order chi connectivity index (χ0) is 13.2. The first-order valence-corrected chi connectivity index (χ1v) is 7.31. The van der Waals surface area contributed by atoms with Gasteiger partial charge in [0.2, 0.25) is 0 Å². The van der Waals surface area contributed by atoms with E-state index in [9.17, 15) is 5.26 Å². The maximum atomic E-state index is 9.21. The Bertz CT molecular complexity index is 401. The minimum Gasteiger partial charge on any atom is -0.491 e. The van der Waals surface area contributed by atoms with Crippen LogP contribution in [-0.4, -0.2) is 25.4 Å². The highest BCUT2D eigenvalue weighted by Gasteiger charge is 2.08. The Balaban J connectivity index is 2.59. The number of nitriles is 1. The van der Waals surface area contributed by atoms with E-state index in [0.717, 1.165) is 30.2 Å². The van der Waals surface area contributed by atoms with Gasteiger partial charge < -0.3 is 10.1 Å². The summed E-state index contributed by atoms with van der Waals surface area (Å²) in [6, 6.07) is 8.00. The van der Waals surface area contributed by atoms with Crippen LogP contribution in [0.2, 0.25) is 0 Å². The van der Waals surface area contributed by atoms with Crippen molar-refractivity contribution in [3.05, 3.63) is 23.8 Å². The van der Waals surface area contributed by atoms with Crippen molar-refractivity contribution in [1.82, 2.24) is 5.32 Å². The van der Waals surface area contributed by atoms with Gasteiger partial charge in [0.25, 0.3) is 0 Å². The van der Waals surface area contributed by atoms with Crippen LogP contribution in [0.3, 0.4) is 0 Å². The summed E-state index contributed by atoms with van der Waals surface area (Å²) in [5.41, 5.74) is 0.653. The normalized spacial score (nSPS) is 10.1. The summed E-state index contributed by atoms with van der Waals surface area (Å²) in [6.45, 7) is 6.61. The monoisotopic (exact) mass is 264 g/mol. The molecule has 3 nitrogen and oxygen atoms in total. The predicted molar refractivity (Wildman–Crippen MR) is 76.2 cm³/mol. The van der Waals surface area contributed by atoms with Crippen molar-refractivity contribution in [1.29, 1.82) is 5.26 Å². The Morgan fingerprint density at radius 2 is 2.17 bits per heavy atom. The van der Waals surface area contributed by atoms with Crippen LogP contribution in [0.5, 0.6) is 5.75 Å². The molecule has 0 saturated heterocycles. The third kappa shape index (κ3) is 4.59. The molecule has 0 aliphatic carbocycles. The fraction of sp³-hybridized carbons (Fsp3) is 0.500. The molecule has 98 valence electrons. The lowest BCUT2D eigenvalue weighted by Crippen LogP contribution is -2.21. The highest BCUT2D eigenvalue weighted by Crippen LogP contribution is 2.29. The molecule has 0 saturated carbocycles. The lowest BCUT2D eigenvalue weighted by atomic mass is 10.2. The van der Waals surface area contributed by atoms with Gasteiger partial charge in [-0.25, -0.2) is 0 Å². The standard InChI is InChI=1S/C14H20N2OS/c1-3-8-16-9-10-17-13-6-5-7-14(18-4-2)12(13)11-15/h5-7,16H,3-4,8-10H2,1-2H3. The molecule has 4 heteroatoms. The summed E-state index contributed by atoms with van der Waals surface area (Å²) in [5.74, 6) is 1.64. The Hall–Kier alpha value is -1.18. The fourth-order valence-electron chi connectivity index (χ4n) is 1.55. The first-order chi connectivity index (χ1) is 8.83. The summed E-state index contributed by atoms with van der Waals surface area (Å²) >= 11 is 1.67. The number of nitrogens with zero attached hydrogens (tertiary/aromatic N) is 1. The van der Waals surface area contributed by atoms with Crippen LogP contribution in [0.4, 0.5) is 0 Å². The number of benzene rings is 1. The van der Waals surface area contributed by atoms with E-state index >= 15 is 0 Å². The molecule has 18 heavy (non-hydrogen) atoms. The zero-order valence-electron chi connectivity index (χ0n) is 11.0. The number of thioether (sulfide) groups is 1. The first-order valence-electron chi connectivity index (χ1n) is 6.32. The second-order valence-corrected chi connectivity index (χ2v) is 5.08. The van der Waals surface area contributed by atoms with Gasteiger partial charge in [-0.3, -0.25) is 0 Å². The molecule has 1 aromatic rings. The Morgan fingerprint density at radius 3 is 2.83 bits per heavy atom. The maximum absolute atomic E-state index is 9.21. The van der Waals surface area contributed by atoms with E-state index in [4.69, 9.17) is 4.74 Å². The van der Waals surface area contributed by atoms with Gasteiger partial charge in [-0.15, -0.1) is 11.8 Å². The van der Waals surface area contributed by atoms with E-state index in [2.05, 4.69) is 25.2 Å². The van der Waals surface area contributed by atoms with Crippen LogP contribution in [0.1, 0.15) is 25.8 Å². The Labute approximate surface area is 114 Å². The summed E-state index contributed by atoms with van der Waals surface area (Å²) in [4.78, 5) is 0.999. The predicted octanol–water partition coefficient (Wildman–Crippen LogP) is 3.05. The molecule has 0 spiro atoms. The lowest BCUT2D eigenvalue weighted by molar-refractivity contribution is 0.312. The molecule has 0 aromatic heterocycles. The first kappa shape index (κ1) is 14.9. The smallest absolute Gasteiger partial charge is 0.138 e. The van der Waals surface area contributed by atoms with Crippen LogP contribution in [0.15, 0.2) is 23.1 Å². The molecule has 0 unspecified atom stereocenters. The van der Waals surface area contributed by atoms with Crippen molar-refractivity contribution >= 4 is 11.8 Å². The zero-order valence-corrected chi connectivity index (χ0v) is 11.8. The molecule has 0 aliphatic rings. The van der Waals surface area contributed by atoms with E-state index in [1.54, 1.807) is 11.8 Å². The van der Waals surface area contributed by atoms with Crippen molar-refractivity contribution in [2.45, 2.75) is 25.2 Å². The van der Waals surface area contributed by atoms with Gasteiger partial charge in [0.1, 0.15) is 24.0 Å². The quantitative estimate of drug-likeness (QED) is 0.579. The summed E-state index contributed by atoms with van der Waals surface area (Å²) in [5, 5.41) is 12.5. The molecule has 0 bridgehead atoms. The average molecular weight is 264 g/mol. The number of rotatable bonds is 8. The summed E-state index contributed by atoms with van der Waals surface area (Å²) in [6.07, 6.45) is 1.12. The average Bonchev–Trinajstić information content (AvgIpc) is 2.39. The molecular formula is C14H20N2OS. The molecule has 0 aliphatic heterocycles. The van der Waals surface area contributed by atoms with Crippen molar-refractivity contribution in [2.75, 3.05) is 25.4 Å². The number of hydrogen-bond acceptors (Lipinski definition) is 4. The van der Waals surface area contributed by atoms with Crippen molar-refractivity contribution in [3.8, 4) is 11.8 Å². The molecule has 0 radical (unpaired) electrons. The van der Waals surface area contributed by atoms with Crippen molar-refractivity contribution in [3.63, 3.8) is 0 Å². The van der Waals surface area contributed by atoms with Crippen LogP contribution < -0.4 is 10.1 Å². The Morgan fingerprint density at radius 1 is 1.33 bits per heavy atom. The van der Waals surface area contributed by atoms with Crippen molar-refractivity contribution < 1.29 is 4.74 Å². The topological polar surface area (TPSA) is 45.0 Å². The minimum atomic E-state index is 0.592. The lowest BCUT2D eigenvalue weighted by Gasteiger charge is -2.10. The van der Waals surface area contributed by atoms with Crippen LogP contribution in [-0.2, 0) is 0 Å². The molecule has 0 amide bonds. The van der Waals surface area contributed by atoms with Gasteiger partial charge in [0, 0.05) is 11.4 Å². The molecule has 0 atom stereocenters. The van der Waals surface area contributed by atoms with Gasteiger partial charge in [-0.05, 0) is 30.9 Å². The van der Waals surface area contributed by atoms with Gasteiger partial charge in [0.15, 0.2) is 0 Å². The van der Waals surface area contributed by atoms with E-state index in [0.29, 0.717) is 17.9 Å². The van der Waals surface area contributed by atoms with Crippen LogP contribution in [0, 0.1) is 11.3 Å². The molecule has 0 fully saturated rings. The highest BCUT2D eigenvalue weighted by molar-refractivity contribution is 7.99. The molecular weight excluding hydrogens is 244 g/mol. The Kier molecular flexibility index (Phi) is 7.31. The van der Waals surface area contributed by atoms with Gasteiger partial charge >= 0.3 is 0 Å². The third-order valence-corrected chi connectivity index (χ3v) is 3.30. The van der Waals surface area contributed by atoms with Crippen molar-refractivity contribution in [2.24, 2.45) is 0 Å². The van der Waals surface area contributed by atoms with Gasteiger partial charge in [-0.1, -0.05) is 19.9 Å². The molecule has 0 heterocycles. The maximum Gasteiger partial charge on any atom is 0.138 e. The highest BCUT2D eigenvalue weighted by atomic mass is 32.2. The number of hydrogen-bond donors (Lipinski definition) is 1. The van der Waals surface area contributed by atoms with Crippen LogP contribution >= 0.6 is 11.8 Å². The van der Waals surface area contributed by atoms with Crippen LogP contribution in [0.25, 0.3) is 0 Å². The largest absolute Gasteiger partial charge is 0.491 e. The van der Waals surface area contributed by atoms with E-state index < -0.39 is 0 Å². The molecule has 1 aromatic carbocycles. The number of nitrogens with one attached hydrogen (secondary N) is 1. The molecule has 1 rings (SSSR count). The summed E-state index contributed by atoms with van der Waals surface area (Å²) < 4.78 is 5.66. The van der Waals surface area contributed by atoms with Gasteiger partial charge in [-0.2, -0.15) is 5.26 Å².